The third-order valence-electron chi connectivity index (χ3n) is 3.03. The van der Waals surface area contributed by atoms with Crippen molar-refractivity contribution in [2.45, 2.75) is 51.0 Å². The molecule has 1 atom stereocenters. The molecule has 1 radical (unpaired) electrons. The number of fused-ring (bicyclic) bond motifs is 1. The van der Waals surface area contributed by atoms with Gasteiger partial charge >= 0.3 is 0 Å². The van der Waals surface area contributed by atoms with E-state index in [1.807, 2.05) is 0 Å². The molecule has 0 aliphatic carbocycles. The van der Waals surface area contributed by atoms with Crippen molar-refractivity contribution in [2.24, 2.45) is 0 Å². The Morgan fingerprint density at radius 1 is 1.00 bits per heavy atom. The molecule has 0 N–H and O–H groups in total. The standard InChI is InChI=1S/C10H18N/c1-2-6-10-7-3-5-9-11(10)8-4-1/h8,10H,1-7,9H2. The van der Waals surface area contributed by atoms with Crippen molar-refractivity contribution in [1.82, 2.24) is 4.90 Å². The van der Waals surface area contributed by atoms with Crippen molar-refractivity contribution >= 4 is 0 Å². The Balaban J connectivity index is 1.93. The van der Waals surface area contributed by atoms with Gasteiger partial charge in [0.2, 0.25) is 0 Å². The van der Waals surface area contributed by atoms with E-state index in [2.05, 4.69) is 11.4 Å². The van der Waals surface area contributed by atoms with Gasteiger partial charge in [-0.15, -0.1) is 0 Å². The lowest BCUT2D eigenvalue weighted by Crippen LogP contribution is -2.36. The molecule has 0 aromatic heterocycles. The van der Waals surface area contributed by atoms with Crippen LogP contribution in [0.3, 0.4) is 0 Å². The summed E-state index contributed by atoms with van der Waals surface area (Å²) in [5.74, 6) is 0. The molecule has 1 heteroatoms. The summed E-state index contributed by atoms with van der Waals surface area (Å²) in [6.45, 7) is 3.79. The van der Waals surface area contributed by atoms with Gasteiger partial charge in [0.1, 0.15) is 0 Å². The van der Waals surface area contributed by atoms with E-state index >= 15 is 0 Å². The van der Waals surface area contributed by atoms with Gasteiger partial charge in [-0.2, -0.15) is 0 Å². The predicted octanol–water partition coefficient (Wildman–Crippen LogP) is 2.58. The monoisotopic (exact) mass is 152 g/mol. The van der Waals surface area contributed by atoms with E-state index in [1.54, 1.807) is 0 Å². The van der Waals surface area contributed by atoms with Crippen LogP contribution in [0.5, 0.6) is 0 Å². The highest BCUT2D eigenvalue weighted by atomic mass is 15.2. The smallest absolute Gasteiger partial charge is 0.0254 e. The maximum Gasteiger partial charge on any atom is 0.0254 e. The van der Waals surface area contributed by atoms with Crippen LogP contribution in [0.1, 0.15) is 44.9 Å². The van der Waals surface area contributed by atoms with Gasteiger partial charge in [0.25, 0.3) is 0 Å². The maximum absolute atomic E-state index is 2.61. The lowest BCUT2D eigenvalue weighted by atomic mass is 9.99. The Morgan fingerprint density at radius 3 is 2.73 bits per heavy atom. The van der Waals surface area contributed by atoms with Gasteiger partial charge in [-0.1, -0.05) is 19.3 Å². The SMILES string of the molecule is [CH]1CCCCC2CCCCN12. The Morgan fingerprint density at radius 2 is 1.82 bits per heavy atom. The molecule has 0 aromatic carbocycles. The normalized spacial score (nSPS) is 34.4. The van der Waals surface area contributed by atoms with Crippen LogP contribution in [0.25, 0.3) is 0 Å². The third kappa shape index (κ3) is 1.76. The number of rotatable bonds is 0. The molecule has 2 aliphatic rings. The van der Waals surface area contributed by atoms with Crippen molar-refractivity contribution in [3.63, 3.8) is 0 Å². The summed E-state index contributed by atoms with van der Waals surface area (Å²) in [6, 6.07) is 0.922. The average molecular weight is 152 g/mol. The molecular formula is C10H18N. The minimum atomic E-state index is 0.922. The second-order valence-electron chi connectivity index (χ2n) is 3.85. The van der Waals surface area contributed by atoms with Gasteiger partial charge in [0.15, 0.2) is 0 Å². The average Bonchev–Trinajstić information content (AvgIpc) is 2.28. The fraction of sp³-hybridized carbons (Fsp3) is 0.900. The molecular weight excluding hydrogens is 134 g/mol. The summed E-state index contributed by atoms with van der Waals surface area (Å²) in [4.78, 5) is 2.61. The first-order valence-corrected chi connectivity index (χ1v) is 5.06. The second-order valence-corrected chi connectivity index (χ2v) is 3.85. The summed E-state index contributed by atoms with van der Waals surface area (Å²) in [6.07, 6.45) is 10.0. The van der Waals surface area contributed by atoms with Crippen LogP contribution in [0.4, 0.5) is 0 Å². The lowest BCUT2D eigenvalue weighted by molar-refractivity contribution is 0.184. The van der Waals surface area contributed by atoms with E-state index in [0.29, 0.717) is 0 Å². The lowest BCUT2D eigenvalue weighted by Gasteiger charge is -2.33. The van der Waals surface area contributed by atoms with Crippen molar-refractivity contribution in [2.75, 3.05) is 6.54 Å². The number of nitrogens with zero attached hydrogens (tertiary/aromatic N) is 1. The van der Waals surface area contributed by atoms with Crippen molar-refractivity contribution in [1.29, 1.82) is 0 Å². The molecule has 1 unspecified atom stereocenters. The molecule has 2 fully saturated rings. The molecule has 63 valence electrons. The first-order chi connectivity index (χ1) is 5.47. The predicted molar refractivity (Wildman–Crippen MR) is 47.1 cm³/mol. The van der Waals surface area contributed by atoms with E-state index in [9.17, 15) is 0 Å². The molecule has 0 amide bonds. The molecule has 1 nitrogen and oxygen atoms in total. The van der Waals surface area contributed by atoms with Crippen LogP contribution in [0.2, 0.25) is 0 Å². The van der Waals surface area contributed by atoms with Crippen molar-refractivity contribution in [3.05, 3.63) is 6.54 Å². The molecule has 2 aliphatic heterocycles. The molecule has 0 bridgehead atoms. The Bertz CT molecular complexity index is 108. The zero-order chi connectivity index (χ0) is 7.52. The largest absolute Gasteiger partial charge is 0.296 e. The summed E-state index contributed by atoms with van der Waals surface area (Å²) < 4.78 is 0. The van der Waals surface area contributed by atoms with Crippen LogP contribution in [0, 0.1) is 6.54 Å². The summed E-state index contributed by atoms with van der Waals surface area (Å²) in [5.41, 5.74) is 0. The Kier molecular flexibility index (Phi) is 2.47. The summed E-state index contributed by atoms with van der Waals surface area (Å²) in [5, 5.41) is 0. The molecule has 2 rings (SSSR count). The first kappa shape index (κ1) is 7.60. The number of hydrogen-bond acceptors (Lipinski definition) is 1. The van der Waals surface area contributed by atoms with Crippen LogP contribution in [0.15, 0.2) is 0 Å². The minimum Gasteiger partial charge on any atom is -0.296 e. The van der Waals surface area contributed by atoms with Gasteiger partial charge in [-0.3, -0.25) is 4.90 Å². The van der Waals surface area contributed by atoms with Gasteiger partial charge < -0.3 is 0 Å². The molecule has 0 spiro atoms. The highest BCUT2D eigenvalue weighted by Gasteiger charge is 2.23. The Labute approximate surface area is 69.8 Å². The third-order valence-corrected chi connectivity index (χ3v) is 3.03. The van der Waals surface area contributed by atoms with E-state index in [4.69, 9.17) is 0 Å². The molecule has 0 saturated carbocycles. The van der Waals surface area contributed by atoms with E-state index in [-0.39, 0.29) is 0 Å². The quantitative estimate of drug-likeness (QED) is 0.515. The van der Waals surface area contributed by atoms with E-state index < -0.39 is 0 Å². The molecule has 11 heavy (non-hydrogen) atoms. The maximum atomic E-state index is 2.61. The van der Waals surface area contributed by atoms with Crippen LogP contribution >= 0.6 is 0 Å². The zero-order valence-electron chi connectivity index (χ0n) is 7.26. The van der Waals surface area contributed by atoms with Gasteiger partial charge in [0, 0.05) is 12.6 Å². The number of hydrogen-bond donors (Lipinski definition) is 0. The van der Waals surface area contributed by atoms with Crippen LogP contribution in [-0.4, -0.2) is 17.5 Å². The minimum absolute atomic E-state index is 0.922. The van der Waals surface area contributed by atoms with Crippen LogP contribution in [-0.2, 0) is 0 Å². The first-order valence-electron chi connectivity index (χ1n) is 5.06. The van der Waals surface area contributed by atoms with Crippen molar-refractivity contribution in [3.8, 4) is 0 Å². The molecule has 2 heterocycles. The second kappa shape index (κ2) is 3.57. The molecule has 2 saturated heterocycles. The summed E-state index contributed by atoms with van der Waals surface area (Å²) >= 11 is 0. The fourth-order valence-electron chi connectivity index (χ4n) is 2.35. The van der Waals surface area contributed by atoms with E-state index in [0.717, 1.165) is 6.04 Å². The fourth-order valence-corrected chi connectivity index (χ4v) is 2.35. The highest BCUT2D eigenvalue weighted by Crippen LogP contribution is 2.26. The van der Waals surface area contributed by atoms with E-state index in [1.165, 1.54) is 51.5 Å². The topological polar surface area (TPSA) is 3.24 Å². The van der Waals surface area contributed by atoms with Crippen LogP contribution < -0.4 is 0 Å². The van der Waals surface area contributed by atoms with Gasteiger partial charge in [0.05, 0.1) is 0 Å². The van der Waals surface area contributed by atoms with Crippen molar-refractivity contribution < 1.29 is 0 Å². The van der Waals surface area contributed by atoms with Gasteiger partial charge in [-0.25, -0.2) is 0 Å². The highest BCUT2D eigenvalue weighted by molar-refractivity contribution is 4.84. The van der Waals surface area contributed by atoms with Gasteiger partial charge in [-0.05, 0) is 32.2 Å². The number of piperidine rings is 1. The Hall–Kier alpha value is -0.0400. The zero-order valence-corrected chi connectivity index (χ0v) is 7.26. The summed E-state index contributed by atoms with van der Waals surface area (Å²) in [7, 11) is 0. The molecule has 0 aromatic rings.